The first-order valence-corrected chi connectivity index (χ1v) is 10.9. The van der Waals surface area contributed by atoms with E-state index in [1.807, 2.05) is 18.4 Å². The van der Waals surface area contributed by atoms with E-state index in [1.54, 1.807) is 24.3 Å². The first kappa shape index (κ1) is 18.2. The van der Waals surface area contributed by atoms with Crippen LogP contribution in [0.3, 0.4) is 0 Å². The topological polar surface area (TPSA) is 59.1 Å². The van der Waals surface area contributed by atoms with Gasteiger partial charge in [-0.2, -0.15) is 0 Å². The summed E-state index contributed by atoms with van der Waals surface area (Å²) in [5.74, 6) is -0.312. The molecule has 1 N–H and O–H groups in total. The van der Waals surface area contributed by atoms with E-state index >= 15 is 0 Å². The molecule has 0 atom stereocenters. The van der Waals surface area contributed by atoms with Crippen LogP contribution in [0.5, 0.6) is 0 Å². The number of aromatic nitrogens is 1. The van der Waals surface area contributed by atoms with Gasteiger partial charge in [-0.05, 0) is 30.7 Å². The van der Waals surface area contributed by atoms with Crippen LogP contribution in [0, 0.1) is 5.82 Å². The second-order valence-corrected chi connectivity index (χ2v) is 9.37. The molecule has 2 aromatic heterocycles. The fraction of sp³-hybridized carbons (Fsp3) is 0.235. The molecule has 0 radical (unpaired) electrons. The number of rotatable bonds is 7. The number of hydrogen-bond donors (Lipinski definition) is 1. The minimum atomic E-state index is -3.49. The molecular weight excluding hydrogens is 379 g/mol. The van der Waals surface area contributed by atoms with E-state index in [0.29, 0.717) is 21.2 Å². The first-order valence-electron chi connectivity index (χ1n) is 7.77. The second-order valence-electron chi connectivity index (χ2n) is 5.35. The van der Waals surface area contributed by atoms with Crippen molar-refractivity contribution in [1.82, 2.24) is 9.71 Å². The van der Waals surface area contributed by atoms with Crippen LogP contribution in [0.15, 0.2) is 46.0 Å². The highest BCUT2D eigenvalue weighted by Crippen LogP contribution is 2.26. The van der Waals surface area contributed by atoms with Gasteiger partial charge in [-0.15, -0.1) is 22.7 Å². The van der Waals surface area contributed by atoms with Crippen molar-refractivity contribution >= 4 is 32.7 Å². The van der Waals surface area contributed by atoms with E-state index in [-0.39, 0.29) is 12.4 Å². The van der Waals surface area contributed by atoms with E-state index in [4.69, 9.17) is 0 Å². The highest BCUT2D eigenvalue weighted by molar-refractivity contribution is 7.91. The van der Waals surface area contributed by atoms with Crippen LogP contribution in [-0.4, -0.2) is 19.9 Å². The van der Waals surface area contributed by atoms with Gasteiger partial charge in [-0.3, -0.25) is 0 Å². The molecule has 0 aliphatic carbocycles. The molecule has 2 heterocycles. The molecule has 3 aromatic rings. The number of halogens is 1. The lowest BCUT2D eigenvalue weighted by Crippen LogP contribution is -2.25. The molecule has 25 heavy (non-hydrogen) atoms. The number of hydrogen-bond acceptors (Lipinski definition) is 5. The number of sulfonamides is 1. The smallest absolute Gasteiger partial charge is 0.241 e. The lowest BCUT2D eigenvalue weighted by molar-refractivity contribution is 0.583. The third kappa shape index (κ3) is 4.33. The van der Waals surface area contributed by atoms with Gasteiger partial charge in [0.25, 0.3) is 0 Å². The number of benzene rings is 1. The van der Waals surface area contributed by atoms with E-state index in [0.717, 1.165) is 17.0 Å². The fourth-order valence-corrected chi connectivity index (χ4v) is 5.51. The Hall–Kier alpha value is -1.61. The Bertz CT molecular complexity index is 964. The minimum Gasteiger partial charge on any atom is -0.241 e. The van der Waals surface area contributed by atoms with Gasteiger partial charge in [0.15, 0.2) is 0 Å². The Labute approximate surface area is 154 Å². The maximum Gasteiger partial charge on any atom is 0.250 e. The summed E-state index contributed by atoms with van der Waals surface area (Å²) in [5, 5.41) is 2.43. The van der Waals surface area contributed by atoms with Gasteiger partial charge < -0.3 is 0 Å². The number of aryl methyl sites for hydroxylation is 1. The molecule has 0 saturated carbocycles. The van der Waals surface area contributed by atoms with E-state index < -0.39 is 10.0 Å². The molecule has 0 spiro atoms. The average Bonchev–Trinajstić information content (AvgIpc) is 3.24. The number of thiazole rings is 1. The van der Waals surface area contributed by atoms with Gasteiger partial charge in [0.1, 0.15) is 15.0 Å². The van der Waals surface area contributed by atoms with Gasteiger partial charge in [0, 0.05) is 28.8 Å². The van der Waals surface area contributed by atoms with Crippen molar-refractivity contribution in [2.45, 2.75) is 24.0 Å². The van der Waals surface area contributed by atoms with Crippen LogP contribution in [0.4, 0.5) is 4.39 Å². The normalized spacial score (nSPS) is 11.8. The van der Waals surface area contributed by atoms with Crippen molar-refractivity contribution in [3.63, 3.8) is 0 Å². The van der Waals surface area contributed by atoms with Crippen molar-refractivity contribution < 1.29 is 12.8 Å². The summed E-state index contributed by atoms with van der Waals surface area (Å²) in [5.41, 5.74) is 1.20. The van der Waals surface area contributed by atoms with Crippen molar-refractivity contribution in [3.05, 3.63) is 58.2 Å². The lowest BCUT2D eigenvalue weighted by atomic mass is 10.2. The predicted molar refractivity (Wildman–Crippen MR) is 100 cm³/mol. The third-order valence-electron chi connectivity index (χ3n) is 3.58. The molecule has 132 valence electrons. The molecule has 3 rings (SSSR count). The zero-order valence-electron chi connectivity index (χ0n) is 13.5. The summed E-state index contributed by atoms with van der Waals surface area (Å²) in [4.78, 5) is 5.43. The number of nitrogens with one attached hydrogen (secondary N) is 1. The predicted octanol–water partition coefficient (Wildman–Crippen LogP) is 4.09. The Kier molecular flexibility index (Phi) is 5.63. The highest BCUT2D eigenvalue weighted by Gasteiger charge is 2.16. The van der Waals surface area contributed by atoms with Gasteiger partial charge in [0.2, 0.25) is 10.0 Å². The molecular formula is C17H17FN2O2S3. The van der Waals surface area contributed by atoms with Gasteiger partial charge >= 0.3 is 0 Å². The summed E-state index contributed by atoms with van der Waals surface area (Å²) >= 11 is 2.63. The van der Waals surface area contributed by atoms with E-state index in [1.165, 1.54) is 28.7 Å². The first-order chi connectivity index (χ1) is 12.0. The Morgan fingerprint density at radius 1 is 1.20 bits per heavy atom. The monoisotopic (exact) mass is 396 g/mol. The Morgan fingerprint density at radius 3 is 2.72 bits per heavy atom. The number of thiophene rings is 1. The maximum atomic E-state index is 13.8. The van der Waals surface area contributed by atoms with Crippen LogP contribution >= 0.6 is 22.7 Å². The van der Waals surface area contributed by atoms with Crippen LogP contribution < -0.4 is 4.72 Å². The summed E-state index contributed by atoms with van der Waals surface area (Å²) in [7, 11) is -3.49. The molecule has 1 aromatic carbocycles. The number of nitrogens with zero attached hydrogens (tertiary/aromatic N) is 1. The Morgan fingerprint density at radius 2 is 2.00 bits per heavy atom. The third-order valence-corrected chi connectivity index (χ3v) is 7.69. The van der Waals surface area contributed by atoms with Gasteiger partial charge in [-0.1, -0.05) is 19.1 Å². The largest absolute Gasteiger partial charge is 0.250 e. The van der Waals surface area contributed by atoms with Crippen molar-refractivity contribution in [3.8, 4) is 10.6 Å². The van der Waals surface area contributed by atoms with E-state index in [9.17, 15) is 12.8 Å². The van der Waals surface area contributed by atoms with Crippen molar-refractivity contribution in [2.75, 3.05) is 6.54 Å². The standard InChI is InChI=1S/C17H17FN2O2S3/c1-2-13-7-8-16(24-13)25(21,22)19-10-9-12-11-23-17(20-12)14-5-3-4-6-15(14)18/h3-8,11,19H,2,9-10H2,1H3. The molecule has 0 aliphatic heterocycles. The molecule has 8 heteroatoms. The van der Waals surface area contributed by atoms with Crippen LogP contribution in [0.25, 0.3) is 10.6 Å². The van der Waals surface area contributed by atoms with Crippen LogP contribution in [0.1, 0.15) is 17.5 Å². The molecule has 0 fully saturated rings. The molecule has 0 aliphatic rings. The SMILES string of the molecule is CCc1ccc(S(=O)(=O)NCCc2csc(-c3ccccc3F)n2)s1. The molecule has 0 bridgehead atoms. The van der Waals surface area contributed by atoms with Crippen molar-refractivity contribution in [2.24, 2.45) is 0 Å². The van der Waals surface area contributed by atoms with Crippen molar-refractivity contribution in [1.29, 1.82) is 0 Å². The fourth-order valence-electron chi connectivity index (χ4n) is 2.26. The van der Waals surface area contributed by atoms with E-state index in [2.05, 4.69) is 9.71 Å². The molecule has 0 amide bonds. The second kappa shape index (κ2) is 7.74. The summed E-state index contributed by atoms with van der Waals surface area (Å²) in [6.45, 7) is 2.24. The lowest BCUT2D eigenvalue weighted by Gasteiger charge is -2.03. The summed E-state index contributed by atoms with van der Waals surface area (Å²) in [6.07, 6.45) is 1.27. The molecule has 0 unspecified atom stereocenters. The van der Waals surface area contributed by atoms with Crippen LogP contribution in [0.2, 0.25) is 0 Å². The zero-order chi connectivity index (χ0) is 17.9. The molecule has 4 nitrogen and oxygen atoms in total. The summed E-state index contributed by atoms with van der Waals surface area (Å²) in [6, 6.07) is 9.94. The summed E-state index contributed by atoms with van der Waals surface area (Å²) < 4.78 is 41.2. The van der Waals surface area contributed by atoms with Gasteiger partial charge in [0.05, 0.1) is 5.69 Å². The Balaban J connectivity index is 1.62. The van der Waals surface area contributed by atoms with Crippen LogP contribution in [-0.2, 0) is 22.9 Å². The average molecular weight is 397 g/mol. The quantitative estimate of drug-likeness (QED) is 0.654. The zero-order valence-corrected chi connectivity index (χ0v) is 16.0. The highest BCUT2D eigenvalue weighted by atomic mass is 32.2. The minimum absolute atomic E-state index is 0.252. The molecule has 0 saturated heterocycles. The van der Waals surface area contributed by atoms with Gasteiger partial charge in [-0.25, -0.2) is 22.5 Å². The maximum absolute atomic E-state index is 13.8.